The molecular formula is C21H20O7. The monoisotopic (exact) mass is 384 g/mol. The fourth-order valence-electron chi connectivity index (χ4n) is 9.16. The zero-order chi connectivity index (χ0) is 19.2. The average molecular weight is 384 g/mol. The van der Waals surface area contributed by atoms with E-state index < -0.39 is 46.5 Å². The molecule has 0 amide bonds. The molecule has 7 heteroatoms. The van der Waals surface area contributed by atoms with Crippen LogP contribution in [0, 0.1) is 58.2 Å². The predicted octanol–water partition coefficient (Wildman–Crippen LogP) is 1.03. The molecule has 146 valence electrons. The van der Waals surface area contributed by atoms with Crippen LogP contribution in [0.3, 0.4) is 0 Å². The van der Waals surface area contributed by atoms with Crippen molar-refractivity contribution >= 4 is 29.7 Å². The van der Waals surface area contributed by atoms with Gasteiger partial charge in [0.25, 0.3) is 0 Å². The van der Waals surface area contributed by atoms with Crippen LogP contribution in [0.15, 0.2) is 0 Å². The van der Waals surface area contributed by atoms with Crippen molar-refractivity contribution in [2.75, 3.05) is 0 Å². The Bertz CT molecular complexity index is 850. The molecule has 7 aliphatic rings. The number of hydrogen-bond acceptors (Lipinski definition) is 7. The first-order chi connectivity index (χ1) is 13.4. The van der Waals surface area contributed by atoms with E-state index in [0.29, 0.717) is 12.8 Å². The van der Waals surface area contributed by atoms with Crippen LogP contribution >= 0.6 is 0 Å². The highest BCUT2D eigenvalue weighted by atomic mass is 16.6. The molecule has 0 aromatic heterocycles. The molecule has 4 bridgehead atoms. The second-order valence-electron chi connectivity index (χ2n) is 10.3. The van der Waals surface area contributed by atoms with Crippen molar-refractivity contribution in [3.05, 3.63) is 0 Å². The third-order valence-corrected chi connectivity index (χ3v) is 9.85. The van der Waals surface area contributed by atoms with Gasteiger partial charge in [-0.25, -0.2) is 0 Å². The first-order valence-electron chi connectivity index (χ1n) is 10.4. The number of hydrogen-bond donors (Lipinski definition) is 0. The van der Waals surface area contributed by atoms with Crippen LogP contribution in [-0.2, 0) is 33.4 Å². The van der Waals surface area contributed by atoms with Crippen molar-refractivity contribution in [1.82, 2.24) is 0 Å². The van der Waals surface area contributed by atoms with E-state index in [1.807, 2.05) is 0 Å². The van der Waals surface area contributed by atoms with Gasteiger partial charge in [0, 0.05) is 10.8 Å². The van der Waals surface area contributed by atoms with Gasteiger partial charge in [0.05, 0.1) is 23.7 Å². The van der Waals surface area contributed by atoms with Crippen LogP contribution in [0.2, 0.25) is 0 Å². The Balaban J connectivity index is 1.27. The summed E-state index contributed by atoms with van der Waals surface area (Å²) in [5, 5.41) is 0. The maximum Gasteiger partial charge on any atom is 0.317 e. The van der Waals surface area contributed by atoms with Crippen LogP contribution in [0.25, 0.3) is 0 Å². The van der Waals surface area contributed by atoms with E-state index >= 15 is 0 Å². The third-order valence-electron chi connectivity index (χ3n) is 9.85. The standard InChI is InChI=1S/C21H20O7/c22-15-11-7-3-9(13(11)17(24)27-15)20(5-7)1-2-21(19(20)26)6-8-4-10(21)14-12(8)16(23)28-18(14)25/h7-14H,1-6H2/t7-,8+,9+,10?,11-,12?,13?,14-,20+,21-/m0/s1. The number of cyclic esters (lactones) is 4. The summed E-state index contributed by atoms with van der Waals surface area (Å²) < 4.78 is 9.82. The van der Waals surface area contributed by atoms with Gasteiger partial charge in [-0.2, -0.15) is 0 Å². The molecular weight excluding hydrogens is 364 g/mol. The van der Waals surface area contributed by atoms with E-state index in [-0.39, 0.29) is 41.3 Å². The van der Waals surface area contributed by atoms with Gasteiger partial charge in [-0.05, 0) is 62.2 Å². The van der Waals surface area contributed by atoms with E-state index in [4.69, 9.17) is 9.47 Å². The summed E-state index contributed by atoms with van der Waals surface area (Å²) >= 11 is 0. The Kier molecular flexibility index (Phi) is 2.49. The van der Waals surface area contributed by atoms with Crippen molar-refractivity contribution in [1.29, 1.82) is 0 Å². The lowest BCUT2D eigenvalue weighted by Gasteiger charge is -2.41. The summed E-state index contributed by atoms with van der Waals surface area (Å²) in [5.41, 5.74) is -1.11. The number of rotatable bonds is 0. The van der Waals surface area contributed by atoms with Crippen LogP contribution in [0.4, 0.5) is 0 Å². The number of ketones is 1. The molecule has 0 aromatic carbocycles. The van der Waals surface area contributed by atoms with Crippen LogP contribution in [0.1, 0.15) is 38.5 Å². The molecule has 2 heterocycles. The molecule has 0 aromatic rings. The molecule has 28 heavy (non-hydrogen) atoms. The summed E-state index contributed by atoms with van der Waals surface area (Å²) in [6.45, 7) is 0. The Morgan fingerprint density at radius 3 is 1.43 bits per heavy atom. The minimum Gasteiger partial charge on any atom is -0.393 e. The first-order valence-corrected chi connectivity index (χ1v) is 10.4. The average Bonchev–Trinajstić information content (AvgIpc) is 3.46. The Hall–Kier alpha value is -2.05. The molecule has 0 radical (unpaired) electrons. The fourth-order valence-corrected chi connectivity index (χ4v) is 9.16. The minimum absolute atomic E-state index is 0.0532. The Labute approximate surface area is 160 Å². The lowest BCUT2D eigenvalue weighted by molar-refractivity contribution is -0.156. The number of fused-ring (bicyclic) bond motifs is 12. The highest BCUT2D eigenvalue weighted by Gasteiger charge is 2.78. The molecule has 7 nitrogen and oxygen atoms in total. The zero-order valence-corrected chi connectivity index (χ0v) is 15.2. The zero-order valence-electron chi connectivity index (χ0n) is 15.2. The number of esters is 4. The number of carbonyl (C=O) groups excluding carboxylic acids is 5. The van der Waals surface area contributed by atoms with Crippen LogP contribution in [-0.4, -0.2) is 29.7 Å². The summed E-state index contributed by atoms with van der Waals surface area (Å²) in [6, 6.07) is 0. The maximum atomic E-state index is 14.0. The lowest BCUT2D eigenvalue weighted by Crippen LogP contribution is -2.48. The molecule has 0 N–H and O–H groups in total. The normalized spacial score (nSPS) is 57.6. The smallest absolute Gasteiger partial charge is 0.317 e. The van der Waals surface area contributed by atoms with E-state index in [1.165, 1.54) is 0 Å². The number of carbonyl (C=O) groups is 5. The van der Waals surface area contributed by atoms with Crippen molar-refractivity contribution in [2.24, 2.45) is 58.2 Å². The molecule has 10 atom stereocenters. The van der Waals surface area contributed by atoms with Gasteiger partial charge in [-0.1, -0.05) is 0 Å². The molecule has 7 rings (SSSR count). The van der Waals surface area contributed by atoms with Gasteiger partial charge < -0.3 is 9.47 Å². The van der Waals surface area contributed by atoms with E-state index in [9.17, 15) is 24.0 Å². The van der Waals surface area contributed by atoms with Crippen LogP contribution < -0.4 is 0 Å². The first kappa shape index (κ1) is 15.8. The van der Waals surface area contributed by atoms with Gasteiger partial charge in [-0.15, -0.1) is 0 Å². The SMILES string of the molecule is O=C1OC(=O)[C@@H]2C1[C@@H]1CC2[C@]2(CC[C@]3(C[C@@H]4C[C@@H]3C3C(=O)OC(=O)[C@H]34)C2=O)C1. The van der Waals surface area contributed by atoms with Gasteiger partial charge in [0.15, 0.2) is 0 Å². The van der Waals surface area contributed by atoms with Gasteiger partial charge >= 0.3 is 23.9 Å². The topological polar surface area (TPSA) is 104 Å². The molecule has 3 unspecified atom stereocenters. The summed E-state index contributed by atoms with van der Waals surface area (Å²) in [4.78, 5) is 62.8. The van der Waals surface area contributed by atoms with Crippen molar-refractivity contribution in [2.45, 2.75) is 38.5 Å². The second-order valence-corrected chi connectivity index (χ2v) is 10.3. The van der Waals surface area contributed by atoms with Crippen molar-refractivity contribution in [3.63, 3.8) is 0 Å². The van der Waals surface area contributed by atoms with Crippen molar-refractivity contribution in [3.8, 4) is 0 Å². The van der Waals surface area contributed by atoms with E-state index in [0.717, 1.165) is 25.7 Å². The fraction of sp³-hybridized carbons (Fsp3) is 0.762. The molecule has 5 saturated carbocycles. The maximum absolute atomic E-state index is 14.0. The van der Waals surface area contributed by atoms with Gasteiger partial charge in [0.2, 0.25) is 0 Å². The lowest BCUT2D eigenvalue weighted by atomic mass is 9.58. The van der Waals surface area contributed by atoms with Crippen molar-refractivity contribution < 1.29 is 33.4 Å². The molecule has 2 spiro atoms. The van der Waals surface area contributed by atoms with E-state index in [2.05, 4.69) is 0 Å². The predicted molar refractivity (Wildman–Crippen MR) is 87.7 cm³/mol. The molecule has 5 aliphatic carbocycles. The van der Waals surface area contributed by atoms with Crippen LogP contribution in [0.5, 0.6) is 0 Å². The Morgan fingerprint density at radius 1 is 0.607 bits per heavy atom. The van der Waals surface area contributed by atoms with E-state index in [1.54, 1.807) is 0 Å². The number of ether oxygens (including phenoxy) is 2. The van der Waals surface area contributed by atoms with Gasteiger partial charge in [0.1, 0.15) is 5.78 Å². The Morgan fingerprint density at radius 2 is 1.00 bits per heavy atom. The highest BCUT2D eigenvalue weighted by molar-refractivity contribution is 6.02. The highest BCUT2D eigenvalue weighted by Crippen LogP contribution is 2.75. The van der Waals surface area contributed by atoms with Gasteiger partial charge in [-0.3, -0.25) is 24.0 Å². The summed E-state index contributed by atoms with van der Waals surface area (Å²) in [7, 11) is 0. The quantitative estimate of drug-likeness (QED) is 0.454. The minimum atomic E-state index is -0.554. The largest absolute Gasteiger partial charge is 0.393 e. The summed E-state index contributed by atoms with van der Waals surface area (Å²) in [5.74, 6) is -3.28. The molecule has 7 fully saturated rings. The number of Topliss-reactive ketones (excluding diaryl/α,β-unsaturated/α-hetero) is 1. The molecule has 2 aliphatic heterocycles. The molecule has 2 saturated heterocycles. The third kappa shape index (κ3) is 1.40. The summed E-state index contributed by atoms with van der Waals surface area (Å²) in [6.07, 6.45) is 4.27. The second kappa shape index (κ2) is 4.41.